The Morgan fingerprint density at radius 2 is 0.684 bits per heavy atom. The zero-order valence-corrected chi connectivity index (χ0v) is 43.2. The molecule has 0 radical (unpaired) electrons. The monoisotopic (exact) mass is 984 g/mol. The molecular formula is C70H52N2O4. The molecular weight excluding hydrogens is 933 g/mol. The van der Waals surface area contributed by atoms with E-state index in [-0.39, 0.29) is 0 Å². The van der Waals surface area contributed by atoms with Crippen LogP contribution in [0, 0.1) is 13.8 Å². The summed E-state index contributed by atoms with van der Waals surface area (Å²) in [6, 6.07) is 70.0. The van der Waals surface area contributed by atoms with E-state index in [4.69, 9.17) is 17.7 Å². The molecule has 76 heavy (non-hydrogen) atoms. The predicted molar refractivity (Wildman–Crippen MR) is 318 cm³/mol. The van der Waals surface area contributed by atoms with Gasteiger partial charge in [0, 0.05) is 71.9 Å². The molecule has 4 aromatic heterocycles. The third-order valence-electron chi connectivity index (χ3n) is 16.0. The molecule has 0 N–H and O–H groups in total. The van der Waals surface area contributed by atoms with E-state index < -0.39 is 0 Å². The lowest BCUT2D eigenvalue weighted by atomic mass is 10.0. The topological polar surface area (TPSA) is 59.0 Å². The standard InChI is InChI=1S/C70H52N2O4/c1-39(2)43-17-23-49(24-18-43)71(67-41(5)15-29-55-53-11-7-9-13-61(53)75-69(55)67)51-27-21-45-33-57-59-37-60-58-34-46-22-28-52(32-48(46)36-64(58)74-66(60)38-65(59)73-63(57)35-47(45)31-51)72(50-25-19-44(20-26-50)40(3)4)68-42(6)16-30-56-54-12-8-10-14-62(54)76-70(56)68/h7-40H,1-6H3. The first kappa shape index (κ1) is 44.2. The minimum atomic E-state index is 0.421. The highest BCUT2D eigenvalue weighted by molar-refractivity contribution is 6.19. The fourth-order valence-electron chi connectivity index (χ4n) is 11.9. The van der Waals surface area contributed by atoms with Crippen LogP contribution in [-0.2, 0) is 0 Å². The lowest BCUT2D eigenvalue weighted by molar-refractivity contribution is 0.656. The molecule has 15 aromatic rings. The van der Waals surface area contributed by atoms with Crippen molar-refractivity contribution in [1.29, 1.82) is 0 Å². The van der Waals surface area contributed by atoms with Crippen LogP contribution in [0.2, 0.25) is 0 Å². The first-order valence-corrected chi connectivity index (χ1v) is 26.4. The maximum Gasteiger partial charge on any atom is 0.159 e. The predicted octanol–water partition coefficient (Wildman–Crippen LogP) is 21.4. The molecule has 15 rings (SSSR count). The number of para-hydroxylation sites is 2. The summed E-state index contributed by atoms with van der Waals surface area (Å²) in [6.45, 7) is 13.3. The van der Waals surface area contributed by atoms with Crippen molar-refractivity contribution >= 4 is 143 Å². The van der Waals surface area contributed by atoms with Crippen molar-refractivity contribution in [2.75, 3.05) is 9.80 Å². The van der Waals surface area contributed by atoms with Crippen molar-refractivity contribution in [1.82, 2.24) is 0 Å². The minimum Gasteiger partial charge on any atom is -0.456 e. The lowest BCUT2D eigenvalue weighted by Gasteiger charge is -2.27. The van der Waals surface area contributed by atoms with Gasteiger partial charge in [0.2, 0.25) is 0 Å². The summed E-state index contributed by atoms with van der Waals surface area (Å²) < 4.78 is 26.9. The van der Waals surface area contributed by atoms with E-state index in [2.05, 4.69) is 233 Å². The Kier molecular flexibility index (Phi) is 9.68. The maximum absolute atomic E-state index is 6.76. The zero-order chi connectivity index (χ0) is 51.1. The number of rotatable bonds is 8. The zero-order valence-electron chi connectivity index (χ0n) is 43.2. The van der Waals surface area contributed by atoms with E-state index in [9.17, 15) is 0 Å². The summed E-state index contributed by atoms with van der Waals surface area (Å²) in [7, 11) is 0. The lowest BCUT2D eigenvalue weighted by Crippen LogP contribution is -2.12. The molecule has 0 aliphatic heterocycles. The molecule has 0 bridgehead atoms. The number of hydrogen-bond donors (Lipinski definition) is 0. The highest BCUT2D eigenvalue weighted by Crippen LogP contribution is 2.48. The summed E-state index contributed by atoms with van der Waals surface area (Å²) in [5, 5.41) is 13.1. The quantitative estimate of drug-likeness (QED) is 0.151. The number of fused-ring (bicyclic) bond motifs is 14. The summed E-state index contributed by atoms with van der Waals surface area (Å²) in [4.78, 5) is 4.70. The highest BCUT2D eigenvalue weighted by atomic mass is 16.3. The minimum absolute atomic E-state index is 0.421. The van der Waals surface area contributed by atoms with Gasteiger partial charge in [-0.1, -0.05) is 125 Å². The van der Waals surface area contributed by atoms with Gasteiger partial charge >= 0.3 is 0 Å². The second-order valence-corrected chi connectivity index (χ2v) is 21.4. The summed E-state index contributed by atoms with van der Waals surface area (Å²) in [6.07, 6.45) is 0. The summed E-state index contributed by atoms with van der Waals surface area (Å²) in [5.74, 6) is 0.841. The maximum atomic E-state index is 6.76. The first-order valence-electron chi connectivity index (χ1n) is 26.4. The van der Waals surface area contributed by atoms with Crippen molar-refractivity contribution < 1.29 is 17.7 Å². The molecule has 6 nitrogen and oxygen atoms in total. The molecule has 0 aliphatic rings. The Bertz CT molecular complexity index is 4550. The van der Waals surface area contributed by atoms with Crippen molar-refractivity contribution in [2.24, 2.45) is 0 Å². The second-order valence-electron chi connectivity index (χ2n) is 21.4. The Morgan fingerprint density at radius 1 is 0.289 bits per heavy atom. The van der Waals surface area contributed by atoms with Crippen molar-refractivity contribution in [3.63, 3.8) is 0 Å². The largest absolute Gasteiger partial charge is 0.456 e. The van der Waals surface area contributed by atoms with Gasteiger partial charge in [-0.3, -0.25) is 0 Å². The Morgan fingerprint density at radius 3 is 1.12 bits per heavy atom. The smallest absolute Gasteiger partial charge is 0.159 e. The van der Waals surface area contributed by atoms with Crippen LogP contribution in [0.4, 0.5) is 34.1 Å². The molecule has 0 amide bonds. The molecule has 0 aliphatic carbocycles. The molecule has 0 unspecified atom stereocenters. The van der Waals surface area contributed by atoms with Gasteiger partial charge in [-0.25, -0.2) is 0 Å². The number of hydrogen-bond acceptors (Lipinski definition) is 6. The summed E-state index contributed by atoms with van der Waals surface area (Å²) in [5.41, 5.74) is 17.8. The van der Waals surface area contributed by atoms with Gasteiger partial charge in [0.25, 0.3) is 0 Å². The summed E-state index contributed by atoms with van der Waals surface area (Å²) >= 11 is 0. The number of nitrogens with zero attached hydrogens (tertiary/aromatic N) is 2. The molecule has 0 fully saturated rings. The number of anilines is 6. The fourth-order valence-corrected chi connectivity index (χ4v) is 11.9. The SMILES string of the molecule is Cc1ccc2c(oc3ccccc32)c1N(c1ccc(C(C)C)cc1)c1ccc2cc3c(cc2c1)oc1cc2oc4cc5cc(N(c6ccc(C(C)C)cc6)c6c(C)ccc7c6oc6ccccc67)ccc5cc4c2cc13. The molecule has 4 heterocycles. The van der Waals surface area contributed by atoms with E-state index >= 15 is 0 Å². The van der Waals surface area contributed by atoms with Gasteiger partial charge in [-0.05, 0) is 160 Å². The van der Waals surface area contributed by atoms with Crippen LogP contribution in [0.15, 0.2) is 212 Å². The van der Waals surface area contributed by atoms with Crippen LogP contribution in [0.5, 0.6) is 0 Å². The van der Waals surface area contributed by atoms with Gasteiger partial charge in [0.1, 0.15) is 33.5 Å². The van der Waals surface area contributed by atoms with Crippen LogP contribution >= 0.6 is 0 Å². The molecule has 0 atom stereocenters. The number of aryl methyl sites for hydroxylation is 2. The molecule has 0 saturated carbocycles. The molecule has 0 saturated heterocycles. The van der Waals surface area contributed by atoms with Crippen LogP contribution in [-0.4, -0.2) is 0 Å². The van der Waals surface area contributed by atoms with E-state index in [1.807, 2.05) is 12.1 Å². The van der Waals surface area contributed by atoms with Gasteiger partial charge in [-0.2, -0.15) is 0 Å². The third kappa shape index (κ3) is 6.80. The average Bonchev–Trinajstić information content (AvgIpc) is 4.29. The van der Waals surface area contributed by atoms with E-state index in [0.29, 0.717) is 11.8 Å². The van der Waals surface area contributed by atoms with Crippen LogP contribution < -0.4 is 9.80 Å². The fraction of sp³-hybridized carbons (Fsp3) is 0.114. The average molecular weight is 985 g/mol. The van der Waals surface area contributed by atoms with E-state index in [0.717, 1.165) is 155 Å². The highest BCUT2D eigenvalue weighted by Gasteiger charge is 2.25. The van der Waals surface area contributed by atoms with Gasteiger partial charge in [0.05, 0.1) is 11.4 Å². The Balaban J connectivity index is 0.840. The van der Waals surface area contributed by atoms with Crippen LogP contribution in [0.3, 0.4) is 0 Å². The molecule has 366 valence electrons. The Labute approximate surface area is 438 Å². The van der Waals surface area contributed by atoms with Gasteiger partial charge in [0.15, 0.2) is 11.2 Å². The van der Waals surface area contributed by atoms with E-state index in [1.165, 1.54) is 11.1 Å². The van der Waals surface area contributed by atoms with Crippen molar-refractivity contribution in [3.8, 4) is 0 Å². The number of benzene rings is 11. The Hall–Kier alpha value is -9.26. The van der Waals surface area contributed by atoms with Crippen molar-refractivity contribution in [2.45, 2.75) is 53.4 Å². The third-order valence-corrected chi connectivity index (χ3v) is 16.0. The van der Waals surface area contributed by atoms with Crippen molar-refractivity contribution in [3.05, 3.63) is 216 Å². The first-order chi connectivity index (χ1) is 37.1. The van der Waals surface area contributed by atoms with Gasteiger partial charge < -0.3 is 27.5 Å². The van der Waals surface area contributed by atoms with Crippen LogP contribution in [0.25, 0.3) is 109 Å². The van der Waals surface area contributed by atoms with Gasteiger partial charge in [-0.15, -0.1) is 0 Å². The number of furan rings is 4. The van der Waals surface area contributed by atoms with E-state index in [1.54, 1.807) is 0 Å². The second kappa shape index (κ2) is 16.6. The molecule has 0 spiro atoms. The normalized spacial score (nSPS) is 12.3. The molecule has 6 heteroatoms. The van der Waals surface area contributed by atoms with Crippen LogP contribution in [0.1, 0.15) is 61.8 Å². The molecule has 11 aromatic carbocycles.